The number of benzene rings is 1. The van der Waals surface area contributed by atoms with E-state index in [1.165, 1.54) is 11.2 Å². The fourth-order valence-corrected chi connectivity index (χ4v) is 1.43. The zero-order valence-corrected chi connectivity index (χ0v) is 11.1. The van der Waals surface area contributed by atoms with Crippen molar-refractivity contribution in [3.8, 4) is 5.75 Å². The number of nitrogens with two attached hydrogens (primary N) is 2. The van der Waals surface area contributed by atoms with E-state index in [2.05, 4.69) is 0 Å². The molecule has 0 spiro atoms. The van der Waals surface area contributed by atoms with E-state index in [4.69, 9.17) is 21.1 Å². The summed E-state index contributed by atoms with van der Waals surface area (Å²) in [6.07, 6.45) is 1.35. The van der Waals surface area contributed by atoms with Crippen molar-refractivity contribution >= 4 is 5.97 Å². The van der Waals surface area contributed by atoms with Crippen LogP contribution in [0.4, 0.5) is 0 Å². The number of hydrogen-bond acceptors (Lipinski definition) is 6. The van der Waals surface area contributed by atoms with Crippen molar-refractivity contribution < 1.29 is 14.3 Å². The van der Waals surface area contributed by atoms with Crippen LogP contribution < -0.4 is 16.3 Å². The normalized spacial score (nSPS) is 11.0. The molecule has 0 aliphatic carbocycles. The first-order chi connectivity index (χ1) is 9.06. The van der Waals surface area contributed by atoms with E-state index in [-0.39, 0.29) is 12.3 Å². The van der Waals surface area contributed by atoms with Crippen LogP contribution in [0.2, 0.25) is 0 Å². The number of methoxy groups -OCH3 is 1. The van der Waals surface area contributed by atoms with Crippen molar-refractivity contribution in [2.45, 2.75) is 13.5 Å². The molecule has 1 aromatic rings. The third-order valence-electron chi connectivity index (χ3n) is 2.34. The summed E-state index contributed by atoms with van der Waals surface area (Å²) >= 11 is 0. The summed E-state index contributed by atoms with van der Waals surface area (Å²) in [5.41, 5.74) is 6.49. The highest BCUT2D eigenvalue weighted by molar-refractivity contribution is 5.87. The molecule has 0 unspecified atom stereocenters. The third-order valence-corrected chi connectivity index (χ3v) is 2.34. The SMILES string of the molecule is CCOC(=O)/C(N)=C/N(N)Cc1ccc(OC)cc1. The Labute approximate surface area is 112 Å². The minimum absolute atomic E-state index is 0.0298. The number of carbonyl (C=O) groups excluding carboxylic acids is 1. The summed E-state index contributed by atoms with van der Waals surface area (Å²) < 4.78 is 9.81. The number of hydrogen-bond donors (Lipinski definition) is 2. The first-order valence-corrected chi connectivity index (χ1v) is 5.85. The summed E-state index contributed by atoms with van der Waals surface area (Å²) in [5.74, 6) is 5.94. The van der Waals surface area contributed by atoms with Gasteiger partial charge in [0, 0.05) is 6.20 Å². The molecule has 0 amide bonds. The fourth-order valence-electron chi connectivity index (χ4n) is 1.43. The zero-order chi connectivity index (χ0) is 14.3. The second-order valence-corrected chi connectivity index (χ2v) is 3.83. The third kappa shape index (κ3) is 4.89. The maximum Gasteiger partial charge on any atom is 0.355 e. The first kappa shape index (κ1) is 14.8. The van der Waals surface area contributed by atoms with Gasteiger partial charge in [-0.05, 0) is 24.6 Å². The average molecular weight is 265 g/mol. The van der Waals surface area contributed by atoms with Crippen LogP contribution >= 0.6 is 0 Å². The number of hydrazine groups is 1. The highest BCUT2D eigenvalue weighted by atomic mass is 16.5. The van der Waals surface area contributed by atoms with Crippen molar-refractivity contribution in [1.29, 1.82) is 0 Å². The maximum absolute atomic E-state index is 11.3. The van der Waals surface area contributed by atoms with Gasteiger partial charge in [-0.2, -0.15) is 0 Å². The van der Waals surface area contributed by atoms with Gasteiger partial charge < -0.3 is 20.2 Å². The van der Waals surface area contributed by atoms with E-state index in [1.807, 2.05) is 24.3 Å². The van der Waals surface area contributed by atoms with Gasteiger partial charge in [0.1, 0.15) is 11.4 Å². The molecular weight excluding hydrogens is 246 g/mol. The van der Waals surface area contributed by atoms with Crippen LogP contribution in [0.5, 0.6) is 5.75 Å². The summed E-state index contributed by atoms with van der Waals surface area (Å²) in [6, 6.07) is 7.43. The maximum atomic E-state index is 11.3. The molecule has 0 aliphatic heterocycles. The van der Waals surface area contributed by atoms with Crippen molar-refractivity contribution in [2.75, 3.05) is 13.7 Å². The Morgan fingerprint density at radius 1 is 1.37 bits per heavy atom. The smallest absolute Gasteiger partial charge is 0.355 e. The monoisotopic (exact) mass is 265 g/mol. The molecule has 0 atom stereocenters. The molecule has 0 aliphatic rings. The standard InChI is InChI=1S/C13H19N3O3/c1-3-19-13(17)12(14)9-16(15)8-10-4-6-11(18-2)7-5-10/h4-7,9H,3,8,14-15H2,1-2H3/b12-9-. The molecule has 1 rings (SSSR count). The topological polar surface area (TPSA) is 90.8 Å². The highest BCUT2D eigenvalue weighted by Crippen LogP contribution is 2.12. The predicted octanol–water partition coefficient (Wildman–Crippen LogP) is 0.734. The van der Waals surface area contributed by atoms with Gasteiger partial charge in [-0.15, -0.1) is 0 Å². The fraction of sp³-hybridized carbons (Fsp3) is 0.308. The van der Waals surface area contributed by atoms with Crippen LogP contribution in [0.3, 0.4) is 0 Å². The van der Waals surface area contributed by atoms with Gasteiger partial charge in [0.25, 0.3) is 0 Å². The van der Waals surface area contributed by atoms with Gasteiger partial charge in [-0.25, -0.2) is 10.6 Å². The predicted molar refractivity (Wildman–Crippen MR) is 71.6 cm³/mol. The molecule has 0 heterocycles. The lowest BCUT2D eigenvalue weighted by Crippen LogP contribution is -2.28. The molecule has 0 fully saturated rings. The van der Waals surface area contributed by atoms with E-state index in [1.54, 1.807) is 14.0 Å². The molecule has 0 saturated heterocycles. The minimum Gasteiger partial charge on any atom is -0.497 e. The van der Waals surface area contributed by atoms with Crippen LogP contribution in [-0.4, -0.2) is 24.7 Å². The van der Waals surface area contributed by atoms with Crippen LogP contribution in [0.25, 0.3) is 0 Å². The Hall–Kier alpha value is -2.21. The molecule has 0 bridgehead atoms. The summed E-state index contributed by atoms with van der Waals surface area (Å²) in [6.45, 7) is 2.41. The van der Waals surface area contributed by atoms with Crippen molar-refractivity contribution in [1.82, 2.24) is 5.01 Å². The summed E-state index contributed by atoms with van der Waals surface area (Å²) in [4.78, 5) is 11.3. The molecule has 0 aromatic heterocycles. The van der Waals surface area contributed by atoms with Crippen LogP contribution in [0.15, 0.2) is 36.2 Å². The molecule has 0 saturated carbocycles. The first-order valence-electron chi connectivity index (χ1n) is 5.85. The number of nitrogens with zero attached hydrogens (tertiary/aromatic N) is 1. The largest absolute Gasteiger partial charge is 0.497 e. The molecule has 6 heteroatoms. The Balaban J connectivity index is 2.60. The Morgan fingerprint density at radius 2 is 2.00 bits per heavy atom. The lowest BCUT2D eigenvalue weighted by Gasteiger charge is -2.15. The van der Waals surface area contributed by atoms with E-state index in [0.717, 1.165) is 11.3 Å². The Bertz CT molecular complexity index is 443. The average Bonchev–Trinajstić information content (AvgIpc) is 2.39. The lowest BCUT2D eigenvalue weighted by atomic mass is 10.2. The molecule has 0 radical (unpaired) electrons. The van der Waals surface area contributed by atoms with E-state index < -0.39 is 5.97 Å². The molecular formula is C13H19N3O3. The highest BCUT2D eigenvalue weighted by Gasteiger charge is 2.07. The van der Waals surface area contributed by atoms with Crippen LogP contribution in [-0.2, 0) is 16.1 Å². The van der Waals surface area contributed by atoms with Gasteiger partial charge >= 0.3 is 5.97 Å². The van der Waals surface area contributed by atoms with E-state index in [0.29, 0.717) is 6.54 Å². The van der Waals surface area contributed by atoms with Gasteiger partial charge in [0.2, 0.25) is 0 Å². The van der Waals surface area contributed by atoms with Crippen LogP contribution in [0.1, 0.15) is 12.5 Å². The van der Waals surface area contributed by atoms with Gasteiger partial charge in [-0.1, -0.05) is 12.1 Å². The Morgan fingerprint density at radius 3 is 2.53 bits per heavy atom. The van der Waals surface area contributed by atoms with Crippen molar-refractivity contribution in [3.63, 3.8) is 0 Å². The van der Waals surface area contributed by atoms with Gasteiger partial charge in [-0.3, -0.25) is 0 Å². The number of rotatable bonds is 6. The molecule has 1 aromatic carbocycles. The van der Waals surface area contributed by atoms with Crippen LogP contribution in [0, 0.1) is 0 Å². The second-order valence-electron chi connectivity index (χ2n) is 3.83. The second kappa shape index (κ2) is 7.27. The molecule has 6 nitrogen and oxygen atoms in total. The number of esters is 1. The molecule has 104 valence electrons. The van der Waals surface area contributed by atoms with E-state index >= 15 is 0 Å². The minimum atomic E-state index is -0.576. The summed E-state index contributed by atoms with van der Waals surface area (Å²) in [5, 5.41) is 1.33. The number of ether oxygens (including phenoxy) is 2. The zero-order valence-electron chi connectivity index (χ0n) is 11.1. The van der Waals surface area contributed by atoms with Crippen molar-refractivity contribution in [3.05, 3.63) is 41.7 Å². The van der Waals surface area contributed by atoms with Crippen molar-refractivity contribution in [2.24, 2.45) is 11.6 Å². The quantitative estimate of drug-likeness (QED) is 0.341. The van der Waals surface area contributed by atoms with Gasteiger partial charge in [0.15, 0.2) is 0 Å². The number of carbonyl (C=O) groups is 1. The lowest BCUT2D eigenvalue weighted by molar-refractivity contribution is -0.138. The molecule has 4 N–H and O–H groups in total. The summed E-state index contributed by atoms with van der Waals surface area (Å²) in [7, 11) is 1.60. The Kier molecular flexibility index (Phi) is 5.69. The molecule has 19 heavy (non-hydrogen) atoms. The van der Waals surface area contributed by atoms with E-state index in [9.17, 15) is 4.79 Å². The van der Waals surface area contributed by atoms with Gasteiger partial charge in [0.05, 0.1) is 20.3 Å².